The maximum atomic E-state index is 12.7. The van der Waals surface area contributed by atoms with E-state index in [0.717, 1.165) is 29.9 Å². The number of benzene rings is 1. The van der Waals surface area contributed by atoms with Crippen LogP contribution < -0.4 is 0 Å². The van der Waals surface area contributed by atoms with Gasteiger partial charge in [0, 0.05) is 18.7 Å². The van der Waals surface area contributed by atoms with E-state index in [-0.39, 0.29) is 16.9 Å². The Morgan fingerprint density at radius 1 is 1.13 bits per heavy atom. The summed E-state index contributed by atoms with van der Waals surface area (Å²) in [6.07, 6.45) is 1.18. The monoisotopic (exact) mass is 428 g/mol. The van der Waals surface area contributed by atoms with Gasteiger partial charge in [-0.3, -0.25) is 4.79 Å². The lowest BCUT2D eigenvalue weighted by Gasteiger charge is -2.43. The van der Waals surface area contributed by atoms with Crippen molar-refractivity contribution >= 4 is 23.8 Å². The van der Waals surface area contributed by atoms with Gasteiger partial charge in [0.15, 0.2) is 0 Å². The fraction of sp³-hybridized carbons (Fsp3) is 0.478. The van der Waals surface area contributed by atoms with E-state index in [1.807, 2.05) is 68.1 Å². The summed E-state index contributed by atoms with van der Waals surface area (Å²) in [6.45, 7) is 7.23. The van der Waals surface area contributed by atoms with Gasteiger partial charge in [-0.2, -0.15) is 0 Å². The molecule has 2 aliphatic rings. The van der Waals surface area contributed by atoms with Gasteiger partial charge < -0.3 is 19.0 Å². The molecule has 30 heavy (non-hydrogen) atoms. The second-order valence-corrected chi connectivity index (χ2v) is 10.2. The standard InChI is InChI=1S/C23H28N2O4S/c1-22(2,3)29-21(27)24-13-11-23(12-14-24)25(20(26)16-30-23)15-18-9-10-19(28-18)17-7-5-4-6-8-17/h4-10H,11-16H2,1-3H3. The van der Waals surface area contributed by atoms with Crippen LogP contribution in [-0.4, -0.2) is 51.1 Å². The maximum absolute atomic E-state index is 12.7. The fourth-order valence-electron chi connectivity index (χ4n) is 3.97. The summed E-state index contributed by atoms with van der Waals surface area (Å²) in [5.41, 5.74) is 0.512. The van der Waals surface area contributed by atoms with Crippen LogP contribution in [0.5, 0.6) is 0 Å². The molecule has 2 fully saturated rings. The number of furan rings is 1. The molecular weight excluding hydrogens is 400 g/mol. The first-order chi connectivity index (χ1) is 14.3. The number of rotatable bonds is 3. The van der Waals surface area contributed by atoms with E-state index in [4.69, 9.17) is 9.15 Å². The number of ether oxygens (including phenoxy) is 1. The molecule has 0 saturated carbocycles. The second-order valence-electron chi connectivity index (χ2n) is 8.81. The molecule has 0 N–H and O–H groups in total. The zero-order chi connectivity index (χ0) is 21.4. The van der Waals surface area contributed by atoms with Crippen molar-refractivity contribution in [3.63, 3.8) is 0 Å². The third kappa shape index (κ3) is 4.36. The van der Waals surface area contributed by atoms with Crippen molar-refractivity contribution in [3.8, 4) is 11.3 Å². The molecule has 1 aromatic carbocycles. The molecule has 4 rings (SSSR count). The summed E-state index contributed by atoms with van der Waals surface area (Å²) in [7, 11) is 0. The minimum atomic E-state index is -0.508. The van der Waals surface area contributed by atoms with Crippen molar-refractivity contribution in [1.29, 1.82) is 0 Å². The first-order valence-corrected chi connectivity index (χ1v) is 11.3. The van der Waals surface area contributed by atoms with Crippen molar-refractivity contribution in [2.75, 3.05) is 18.8 Å². The van der Waals surface area contributed by atoms with Crippen LogP contribution in [0.1, 0.15) is 39.4 Å². The average Bonchev–Trinajstić information content (AvgIpc) is 3.29. The zero-order valence-corrected chi connectivity index (χ0v) is 18.5. The molecule has 0 bridgehead atoms. The Morgan fingerprint density at radius 2 is 1.83 bits per heavy atom. The molecular formula is C23H28N2O4S. The number of likely N-dealkylation sites (tertiary alicyclic amines) is 1. The molecule has 6 nitrogen and oxygen atoms in total. The van der Waals surface area contributed by atoms with E-state index >= 15 is 0 Å². The molecule has 3 heterocycles. The topological polar surface area (TPSA) is 63.0 Å². The third-order valence-electron chi connectivity index (χ3n) is 5.49. The Labute approximate surface area is 181 Å². The van der Waals surface area contributed by atoms with Crippen LogP contribution in [-0.2, 0) is 16.1 Å². The summed E-state index contributed by atoms with van der Waals surface area (Å²) in [5.74, 6) is 2.18. The van der Waals surface area contributed by atoms with Gasteiger partial charge in [-0.15, -0.1) is 11.8 Å². The van der Waals surface area contributed by atoms with Crippen LogP contribution in [0.4, 0.5) is 4.79 Å². The first kappa shape index (κ1) is 20.8. The molecule has 2 saturated heterocycles. The summed E-state index contributed by atoms with van der Waals surface area (Å²) < 4.78 is 11.5. The second kappa shape index (κ2) is 8.02. The van der Waals surface area contributed by atoms with Gasteiger partial charge in [-0.05, 0) is 45.7 Å². The molecule has 2 aromatic rings. The summed E-state index contributed by atoms with van der Waals surface area (Å²) in [4.78, 5) is 28.5. The highest BCUT2D eigenvalue weighted by atomic mass is 32.2. The van der Waals surface area contributed by atoms with E-state index in [1.165, 1.54) is 0 Å². The number of hydrogen-bond donors (Lipinski definition) is 0. The highest BCUT2D eigenvalue weighted by Crippen LogP contribution is 2.45. The molecule has 0 radical (unpaired) electrons. The van der Waals surface area contributed by atoms with Gasteiger partial charge in [-0.1, -0.05) is 30.3 Å². The lowest BCUT2D eigenvalue weighted by Crippen LogP contribution is -2.53. The number of carbonyl (C=O) groups is 2. The molecule has 2 amide bonds. The number of thioether (sulfide) groups is 1. The number of piperidine rings is 1. The Hall–Kier alpha value is -2.41. The van der Waals surface area contributed by atoms with E-state index in [9.17, 15) is 9.59 Å². The predicted octanol–water partition coefficient (Wildman–Crippen LogP) is 4.75. The minimum Gasteiger partial charge on any atom is -0.459 e. The molecule has 2 aliphatic heterocycles. The number of nitrogens with zero attached hydrogens (tertiary/aromatic N) is 2. The Bertz CT molecular complexity index is 911. The van der Waals surface area contributed by atoms with Crippen molar-refractivity contribution in [2.24, 2.45) is 0 Å². The Kier molecular flexibility index (Phi) is 5.57. The van der Waals surface area contributed by atoms with Gasteiger partial charge in [0.1, 0.15) is 17.1 Å². The average molecular weight is 429 g/mol. The highest BCUT2D eigenvalue weighted by molar-refractivity contribution is 8.01. The Morgan fingerprint density at radius 3 is 2.50 bits per heavy atom. The van der Waals surface area contributed by atoms with E-state index in [2.05, 4.69) is 0 Å². The molecule has 7 heteroatoms. The first-order valence-electron chi connectivity index (χ1n) is 10.3. The quantitative estimate of drug-likeness (QED) is 0.706. The van der Waals surface area contributed by atoms with E-state index < -0.39 is 5.60 Å². The molecule has 1 spiro atoms. The number of carbonyl (C=O) groups excluding carboxylic acids is 2. The largest absolute Gasteiger partial charge is 0.459 e. The lowest BCUT2D eigenvalue weighted by molar-refractivity contribution is -0.132. The molecule has 0 unspecified atom stereocenters. The smallest absolute Gasteiger partial charge is 0.410 e. The third-order valence-corrected chi connectivity index (χ3v) is 7.04. The van der Waals surface area contributed by atoms with E-state index in [0.29, 0.717) is 25.4 Å². The van der Waals surface area contributed by atoms with Gasteiger partial charge in [0.05, 0.1) is 17.2 Å². The highest BCUT2D eigenvalue weighted by Gasteiger charge is 2.48. The van der Waals surface area contributed by atoms with Crippen molar-refractivity contribution in [2.45, 2.75) is 50.6 Å². The van der Waals surface area contributed by atoms with Crippen LogP contribution in [0.25, 0.3) is 11.3 Å². The molecule has 0 aliphatic carbocycles. The number of amides is 2. The fourth-order valence-corrected chi connectivity index (χ4v) is 5.31. The normalized spacial score (nSPS) is 18.8. The van der Waals surface area contributed by atoms with Crippen LogP contribution >= 0.6 is 11.8 Å². The number of hydrogen-bond acceptors (Lipinski definition) is 5. The summed E-state index contributed by atoms with van der Waals surface area (Å²) in [6, 6.07) is 13.8. The van der Waals surface area contributed by atoms with Gasteiger partial charge >= 0.3 is 6.09 Å². The van der Waals surface area contributed by atoms with Gasteiger partial charge in [0.25, 0.3) is 0 Å². The van der Waals surface area contributed by atoms with Gasteiger partial charge in [-0.25, -0.2) is 4.79 Å². The van der Waals surface area contributed by atoms with Crippen LogP contribution in [0.2, 0.25) is 0 Å². The van der Waals surface area contributed by atoms with Crippen LogP contribution in [0.3, 0.4) is 0 Å². The Balaban J connectivity index is 1.43. The molecule has 160 valence electrons. The van der Waals surface area contributed by atoms with Crippen molar-refractivity contribution < 1.29 is 18.7 Å². The summed E-state index contributed by atoms with van der Waals surface area (Å²) in [5, 5.41) is 0. The molecule has 0 atom stereocenters. The lowest BCUT2D eigenvalue weighted by atomic mass is 10.0. The van der Waals surface area contributed by atoms with E-state index in [1.54, 1.807) is 16.7 Å². The zero-order valence-electron chi connectivity index (χ0n) is 17.7. The maximum Gasteiger partial charge on any atom is 0.410 e. The van der Waals surface area contributed by atoms with Gasteiger partial charge in [0.2, 0.25) is 5.91 Å². The van der Waals surface area contributed by atoms with Crippen LogP contribution in [0, 0.1) is 0 Å². The minimum absolute atomic E-state index is 0.128. The SMILES string of the molecule is CC(C)(C)OC(=O)N1CCC2(CC1)SCC(=O)N2Cc1ccc(-c2ccccc2)o1. The molecule has 1 aromatic heterocycles. The summed E-state index contributed by atoms with van der Waals surface area (Å²) >= 11 is 1.69. The predicted molar refractivity (Wildman–Crippen MR) is 117 cm³/mol. The van der Waals surface area contributed by atoms with Crippen molar-refractivity contribution in [1.82, 2.24) is 9.80 Å². The van der Waals surface area contributed by atoms with Crippen LogP contribution in [0.15, 0.2) is 46.9 Å². The van der Waals surface area contributed by atoms with Crippen molar-refractivity contribution in [3.05, 3.63) is 48.2 Å².